The van der Waals surface area contributed by atoms with Crippen LogP contribution >= 0.6 is 0 Å². The highest BCUT2D eigenvalue weighted by Crippen LogP contribution is 2.31. The Morgan fingerprint density at radius 3 is 2.77 bits per heavy atom. The molecule has 2 aliphatic rings. The molecule has 164 valence electrons. The smallest absolute Gasteiger partial charge is 0.410 e. The monoisotopic (exact) mass is 425 g/mol. The maximum atomic E-state index is 12.3. The average Bonchev–Trinajstić information content (AvgIpc) is 3.48. The Hall–Kier alpha value is -2.91. The van der Waals surface area contributed by atoms with Gasteiger partial charge < -0.3 is 18.8 Å². The molecular weight excluding hydrogens is 398 g/mol. The quantitative estimate of drug-likeness (QED) is 0.621. The Kier molecular flexibility index (Phi) is 5.86. The molecule has 0 unspecified atom stereocenters. The van der Waals surface area contributed by atoms with Gasteiger partial charge in [0.05, 0.1) is 24.9 Å². The first-order valence-corrected chi connectivity index (χ1v) is 10.8. The predicted octanol–water partition coefficient (Wildman–Crippen LogP) is 2.67. The lowest BCUT2D eigenvalue weighted by molar-refractivity contribution is 0.0341. The molecule has 2 fully saturated rings. The second-order valence-electron chi connectivity index (χ2n) is 8.15. The van der Waals surface area contributed by atoms with Crippen LogP contribution in [-0.2, 0) is 22.6 Å². The predicted molar refractivity (Wildman–Crippen MR) is 112 cm³/mol. The maximum absolute atomic E-state index is 12.3. The van der Waals surface area contributed by atoms with E-state index in [-0.39, 0.29) is 12.7 Å². The Morgan fingerprint density at radius 2 is 2.00 bits per heavy atom. The van der Waals surface area contributed by atoms with E-state index >= 15 is 0 Å². The summed E-state index contributed by atoms with van der Waals surface area (Å²) in [6, 6.07) is 4.38. The Balaban J connectivity index is 1.18. The number of piperidine rings is 1. The molecule has 0 aromatic carbocycles. The first kappa shape index (κ1) is 20.0. The van der Waals surface area contributed by atoms with Crippen molar-refractivity contribution in [3.8, 4) is 0 Å². The van der Waals surface area contributed by atoms with Crippen molar-refractivity contribution in [2.24, 2.45) is 0 Å². The minimum Gasteiger partial charge on any atom is -0.451 e. The number of nitrogens with zero attached hydrogens (tertiary/aromatic N) is 5. The molecular formula is C22H27N5O4. The molecule has 0 N–H and O–H groups in total. The van der Waals surface area contributed by atoms with Gasteiger partial charge in [-0.3, -0.25) is 4.90 Å². The van der Waals surface area contributed by atoms with Gasteiger partial charge >= 0.3 is 6.09 Å². The van der Waals surface area contributed by atoms with Gasteiger partial charge in [0.2, 0.25) is 0 Å². The fraction of sp³-hybridized carbons (Fsp3) is 0.500. The molecule has 0 bridgehead atoms. The zero-order valence-electron chi connectivity index (χ0n) is 17.5. The zero-order valence-corrected chi connectivity index (χ0v) is 17.5. The number of hydrogen-bond donors (Lipinski definition) is 0. The second kappa shape index (κ2) is 9.07. The van der Waals surface area contributed by atoms with Crippen molar-refractivity contribution in [3.05, 3.63) is 54.0 Å². The van der Waals surface area contributed by atoms with Gasteiger partial charge in [0, 0.05) is 44.5 Å². The number of carbonyl (C=O) groups is 1. The summed E-state index contributed by atoms with van der Waals surface area (Å²) < 4.78 is 17.7. The topological polar surface area (TPSA) is 85.3 Å². The molecule has 9 heteroatoms. The molecule has 0 aliphatic carbocycles. The molecule has 5 rings (SSSR count). The van der Waals surface area contributed by atoms with E-state index in [0.717, 1.165) is 51.2 Å². The number of morpholine rings is 1. The normalized spacial score (nSPS) is 18.5. The molecule has 9 nitrogen and oxygen atoms in total. The third-order valence-electron chi connectivity index (χ3n) is 6.14. The summed E-state index contributed by atoms with van der Waals surface area (Å²) in [5, 5.41) is 4.61. The van der Waals surface area contributed by atoms with Crippen molar-refractivity contribution in [2.45, 2.75) is 31.9 Å². The fourth-order valence-corrected chi connectivity index (χ4v) is 4.38. The molecule has 1 amide bonds. The molecule has 2 saturated heterocycles. The Morgan fingerprint density at radius 1 is 1.16 bits per heavy atom. The summed E-state index contributed by atoms with van der Waals surface area (Å²) in [5.74, 6) is 0.391. The van der Waals surface area contributed by atoms with Crippen LogP contribution in [0.2, 0.25) is 0 Å². The molecule has 0 atom stereocenters. The van der Waals surface area contributed by atoms with E-state index in [2.05, 4.69) is 33.3 Å². The summed E-state index contributed by atoms with van der Waals surface area (Å²) >= 11 is 0. The van der Waals surface area contributed by atoms with E-state index in [1.54, 1.807) is 4.90 Å². The van der Waals surface area contributed by atoms with Gasteiger partial charge in [-0.15, -0.1) is 0 Å². The largest absolute Gasteiger partial charge is 0.451 e. The fourth-order valence-electron chi connectivity index (χ4n) is 4.38. The number of hydrogen-bond acceptors (Lipinski definition) is 7. The lowest BCUT2D eigenvalue weighted by Crippen LogP contribution is -2.38. The number of aromatic nitrogens is 3. The van der Waals surface area contributed by atoms with E-state index in [4.69, 9.17) is 13.9 Å². The molecule has 0 radical (unpaired) electrons. The molecule has 31 heavy (non-hydrogen) atoms. The number of oxazole rings is 1. The SMILES string of the molecule is O=C(OCc1cocn1)N1CCC(c2cnn3cc(CN4CCOCC4)ccc23)CC1. The molecule has 3 aromatic rings. The van der Waals surface area contributed by atoms with Crippen molar-refractivity contribution >= 4 is 11.6 Å². The van der Waals surface area contributed by atoms with E-state index in [0.29, 0.717) is 24.7 Å². The number of likely N-dealkylation sites (tertiary alicyclic amines) is 1. The first-order valence-electron chi connectivity index (χ1n) is 10.8. The lowest BCUT2D eigenvalue weighted by Gasteiger charge is -2.31. The van der Waals surface area contributed by atoms with Gasteiger partial charge in [0.1, 0.15) is 18.6 Å². The Labute approximate surface area is 180 Å². The molecule has 5 heterocycles. The second-order valence-corrected chi connectivity index (χ2v) is 8.15. The maximum Gasteiger partial charge on any atom is 0.410 e. The zero-order chi connectivity index (χ0) is 21.0. The highest BCUT2D eigenvalue weighted by atomic mass is 16.6. The molecule has 0 spiro atoms. The summed E-state index contributed by atoms with van der Waals surface area (Å²) in [4.78, 5) is 20.5. The Bertz CT molecular complexity index is 1000. The van der Waals surface area contributed by atoms with Gasteiger partial charge in [-0.25, -0.2) is 14.3 Å². The van der Waals surface area contributed by atoms with Crippen LogP contribution in [0, 0.1) is 0 Å². The van der Waals surface area contributed by atoms with Crippen LogP contribution in [0.3, 0.4) is 0 Å². The molecule has 0 saturated carbocycles. The van der Waals surface area contributed by atoms with Crippen LogP contribution in [0.4, 0.5) is 4.79 Å². The summed E-state index contributed by atoms with van der Waals surface area (Å²) in [7, 11) is 0. The van der Waals surface area contributed by atoms with E-state index < -0.39 is 0 Å². The van der Waals surface area contributed by atoms with Gasteiger partial charge in [-0.05, 0) is 30.4 Å². The van der Waals surface area contributed by atoms with E-state index in [1.165, 1.54) is 23.8 Å². The summed E-state index contributed by atoms with van der Waals surface area (Å²) in [6.45, 7) is 5.97. The third-order valence-corrected chi connectivity index (χ3v) is 6.14. The van der Waals surface area contributed by atoms with Crippen LogP contribution in [-0.4, -0.2) is 69.9 Å². The highest BCUT2D eigenvalue weighted by Gasteiger charge is 2.26. The van der Waals surface area contributed by atoms with Crippen LogP contribution in [0.25, 0.3) is 5.52 Å². The number of carbonyl (C=O) groups excluding carboxylic acids is 1. The van der Waals surface area contributed by atoms with Crippen molar-refractivity contribution in [1.29, 1.82) is 0 Å². The number of rotatable bonds is 5. The minimum atomic E-state index is -0.297. The van der Waals surface area contributed by atoms with E-state index in [1.807, 2.05) is 10.7 Å². The first-order chi connectivity index (χ1) is 15.3. The van der Waals surface area contributed by atoms with Crippen molar-refractivity contribution < 1.29 is 18.7 Å². The molecule has 3 aromatic heterocycles. The van der Waals surface area contributed by atoms with Crippen LogP contribution < -0.4 is 0 Å². The van der Waals surface area contributed by atoms with Crippen molar-refractivity contribution in [2.75, 3.05) is 39.4 Å². The number of ether oxygens (including phenoxy) is 2. The van der Waals surface area contributed by atoms with Crippen molar-refractivity contribution in [3.63, 3.8) is 0 Å². The van der Waals surface area contributed by atoms with Gasteiger partial charge in [0.25, 0.3) is 0 Å². The van der Waals surface area contributed by atoms with E-state index in [9.17, 15) is 4.79 Å². The lowest BCUT2D eigenvalue weighted by atomic mass is 9.90. The highest BCUT2D eigenvalue weighted by molar-refractivity contribution is 5.67. The van der Waals surface area contributed by atoms with Gasteiger partial charge in [-0.2, -0.15) is 5.10 Å². The third kappa shape index (κ3) is 4.57. The summed E-state index contributed by atoms with van der Waals surface area (Å²) in [5.41, 5.74) is 4.28. The number of fused-ring (bicyclic) bond motifs is 1. The minimum absolute atomic E-state index is 0.135. The number of amides is 1. The standard InChI is InChI=1S/C22H27N5O4/c28-22(31-15-19-14-30-16-23-19)26-5-3-18(4-6-26)20-11-24-27-13-17(1-2-21(20)27)12-25-7-9-29-10-8-25/h1-2,11,13-14,16,18H,3-10,12,15H2. The van der Waals surface area contributed by atoms with Crippen LogP contribution in [0.15, 0.2) is 41.6 Å². The van der Waals surface area contributed by atoms with Crippen LogP contribution in [0.1, 0.15) is 35.6 Å². The summed E-state index contributed by atoms with van der Waals surface area (Å²) in [6.07, 6.45) is 8.43. The average molecular weight is 425 g/mol. The molecule has 2 aliphatic heterocycles. The van der Waals surface area contributed by atoms with Gasteiger partial charge in [0.15, 0.2) is 6.39 Å². The van der Waals surface area contributed by atoms with Crippen molar-refractivity contribution in [1.82, 2.24) is 24.4 Å². The van der Waals surface area contributed by atoms with Gasteiger partial charge in [-0.1, -0.05) is 6.07 Å². The van der Waals surface area contributed by atoms with Crippen LogP contribution in [0.5, 0.6) is 0 Å². The number of pyridine rings is 1.